The van der Waals surface area contributed by atoms with E-state index < -0.39 is 20.5 Å². The first kappa shape index (κ1) is 21.4. The lowest BCUT2D eigenvalue weighted by Crippen LogP contribution is -2.57. The number of piperidine rings is 1. The Labute approximate surface area is 165 Å². The van der Waals surface area contributed by atoms with Crippen LogP contribution in [-0.2, 0) is 27.7 Å². The van der Waals surface area contributed by atoms with Crippen LogP contribution in [0, 0.1) is 0 Å². The lowest BCUT2D eigenvalue weighted by molar-refractivity contribution is -0.124. The minimum Gasteiger partial charge on any atom is -0.351 e. The number of carbonyl (C=O) groups excluding carboxylic acids is 1. The van der Waals surface area contributed by atoms with Gasteiger partial charge < -0.3 is 10.6 Å². The number of aromatic nitrogens is 2. The van der Waals surface area contributed by atoms with Gasteiger partial charge >= 0.3 is 0 Å². The number of carbonyl (C=O) groups is 1. The fourth-order valence-corrected chi connectivity index (χ4v) is 4.71. The highest BCUT2D eigenvalue weighted by Gasteiger charge is 2.48. The first-order chi connectivity index (χ1) is 12.4. The molecular weight excluding hydrogens is 388 g/mol. The normalized spacial score (nSPS) is 16.3. The van der Waals surface area contributed by atoms with Crippen LogP contribution in [0.1, 0.15) is 24.0 Å². The highest BCUT2D eigenvalue weighted by molar-refractivity contribution is 7.92. The molecule has 1 amide bonds. The van der Waals surface area contributed by atoms with Crippen LogP contribution in [0.15, 0.2) is 42.7 Å². The lowest BCUT2D eigenvalue weighted by Gasteiger charge is -2.34. The van der Waals surface area contributed by atoms with Gasteiger partial charge in [0.15, 0.2) is 14.6 Å². The van der Waals surface area contributed by atoms with Gasteiger partial charge in [0.2, 0.25) is 5.91 Å². The van der Waals surface area contributed by atoms with Gasteiger partial charge in [-0.05, 0) is 43.1 Å². The van der Waals surface area contributed by atoms with Gasteiger partial charge in [0.05, 0.1) is 6.54 Å². The van der Waals surface area contributed by atoms with E-state index in [1.54, 1.807) is 6.20 Å². The molecule has 2 aromatic rings. The zero-order chi connectivity index (χ0) is 18.6. The van der Waals surface area contributed by atoms with Crippen LogP contribution >= 0.6 is 12.4 Å². The van der Waals surface area contributed by atoms with Crippen molar-refractivity contribution in [1.29, 1.82) is 0 Å². The van der Waals surface area contributed by atoms with Gasteiger partial charge in [0.1, 0.15) is 0 Å². The van der Waals surface area contributed by atoms with E-state index in [2.05, 4.69) is 15.7 Å². The Kier molecular flexibility index (Phi) is 7.02. The molecule has 2 N–H and O–H groups in total. The van der Waals surface area contributed by atoms with E-state index in [1.165, 1.54) is 0 Å². The first-order valence-corrected chi connectivity index (χ1v) is 10.5. The number of benzene rings is 1. The van der Waals surface area contributed by atoms with E-state index in [4.69, 9.17) is 0 Å². The van der Waals surface area contributed by atoms with Crippen LogP contribution in [0.5, 0.6) is 0 Å². The van der Waals surface area contributed by atoms with Gasteiger partial charge in [-0.3, -0.25) is 9.48 Å². The van der Waals surface area contributed by atoms with Crippen molar-refractivity contribution < 1.29 is 13.2 Å². The summed E-state index contributed by atoms with van der Waals surface area (Å²) in [6, 6.07) is 9.71. The number of rotatable bonds is 6. The minimum atomic E-state index is -3.50. The van der Waals surface area contributed by atoms with Crippen LogP contribution in [0.2, 0.25) is 0 Å². The Balaban J connectivity index is 0.00000261. The quantitative estimate of drug-likeness (QED) is 0.742. The van der Waals surface area contributed by atoms with Crippen LogP contribution in [0.3, 0.4) is 0 Å². The number of hydrogen-bond acceptors (Lipinski definition) is 5. The van der Waals surface area contributed by atoms with Gasteiger partial charge in [-0.15, -0.1) is 12.4 Å². The third-order valence-electron chi connectivity index (χ3n) is 4.88. The largest absolute Gasteiger partial charge is 0.351 e. The summed E-state index contributed by atoms with van der Waals surface area (Å²) >= 11 is 0. The second-order valence-electron chi connectivity index (χ2n) is 6.72. The number of nitrogens with one attached hydrogen (secondary N) is 2. The molecular formula is C18H25ClN4O3S. The maximum Gasteiger partial charge on any atom is 0.241 e. The molecule has 1 aromatic carbocycles. The van der Waals surface area contributed by atoms with Crippen molar-refractivity contribution in [3.63, 3.8) is 0 Å². The molecule has 1 saturated heterocycles. The molecule has 1 fully saturated rings. The number of nitrogens with zero attached hydrogens (tertiary/aromatic N) is 2. The molecule has 148 valence electrons. The molecule has 0 bridgehead atoms. The Morgan fingerprint density at radius 3 is 2.59 bits per heavy atom. The van der Waals surface area contributed by atoms with E-state index in [-0.39, 0.29) is 12.4 Å². The zero-order valence-corrected chi connectivity index (χ0v) is 16.9. The van der Waals surface area contributed by atoms with Crippen molar-refractivity contribution >= 4 is 28.2 Å². The SMILES string of the molecule is CS(=O)(=O)C1(C(=O)NCc2cccc(Cn3cccn3)c2)CCNCC1.Cl. The third kappa shape index (κ3) is 4.88. The Hall–Kier alpha value is -1.90. The highest BCUT2D eigenvalue weighted by atomic mass is 35.5. The molecule has 27 heavy (non-hydrogen) atoms. The molecule has 1 aliphatic rings. The van der Waals surface area contributed by atoms with E-state index >= 15 is 0 Å². The molecule has 1 aromatic heterocycles. The third-order valence-corrected chi connectivity index (χ3v) is 6.90. The average Bonchev–Trinajstić information content (AvgIpc) is 3.12. The predicted octanol–water partition coefficient (Wildman–Crippen LogP) is 1.14. The monoisotopic (exact) mass is 412 g/mol. The molecule has 0 unspecified atom stereocenters. The Bertz CT molecular complexity index is 862. The number of sulfone groups is 1. The summed E-state index contributed by atoms with van der Waals surface area (Å²) in [5, 5.41) is 10.1. The smallest absolute Gasteiger partial charge is 0.241 e. The summed E-state index contributed by atoms with van der Waals surface area (Å²) in [5.41, 5.74) is 2.00. The molecule has 0 saturated carbocycles. The van der Waals surface area contributed by atoms with Crippen molar-refractivity contribution in [2.45, 2.75) is 30.7 Å². The molecule has 3 rings (SSSR count). The van der Waals surface area contributed by atoms with Crippen LogP contribution in [0.25, 0.3) is 0 Å². The summed E-state index contributed by atoms with van der Waals surface area (Å²) in [6.07, 6.45) is 5.38. The minimum absolute atomic E-state index is 0. The van der Waals surface area contributed by atoms with Gasteiger partial charge in [-0.1, -0.05) is 24.3 Å². The molecule has 9 heteroatoms. The average molecular weight is 413 g/mol. The van der Waals surface area contributed by atoms with Crippen molar-refractivity contribution in [3.05, 3.63) is 53.9 Å². The standard InChI is InChI=1S/C18H24N4O3S.ClH/c1-26(24,25)18(6-9-19-10-7-18)17(23)20-13-15-4-2-5-16(12-15)14-22-11-3-8-21-22;/h2-5,8,11-12,19H,6-7,9-10,13-14H2,1H3,(H,20,23);1H. The Morgan fingerprint density at radius 1 is 1.26 bits per heavy atom. The predicted molar refractivity (Wildman–Crippen MR) is 107 cm³/mol. The summed E-state index contributed by atoms with van der Waals surface area (Å²) in [4.78, 5) is 12.7. The molecule has 1 aliphatic heterocycles. The van der Waals surface area contributed by atoms with E-state index in [0.29, 0.717) is 39.0 Å². The van der Waals surface area contributed by atoms with Gasteiger partial charge in [0, 0.05) is 25.2 Å². The lowest BCUT2D eigenvalue weighted by atomic mass is 9.95. The van der Waals surface area contributed by atoms with E-state index in [1.807, 2.05) is 41.2 Å². The number of hydrogen-bond donors (Lipinski definition) is 2. The maximum atomic E-state index is 12.7. The second-order valence-corrected chi connectivity index (χ2v) is 9.05. The van der Waals surface area contributed by atoms with Crippen LogP contribution < -0.4 is 10.6 Å². The molecule has 7 nitrogen and oxygen atoms in total. The molecule has 0 aliphatic carbocycles. The van der Waals surface area contributed by atoms with Gasteiger partial charge in [0.25, 0.3) is 0 Å². The molecule has 0 spiro atoms. The topological polar surface area (TPSA) is 93.1 Å². The molecule has 0 atom stereocenters. The molecule has 0 radical (unpaired) electrons. The number of amides is 1. The van der Waals surface area contributed by atoms with Gasteiger partial charge in [-0.2, -0.15) is 5.10 Å². The van der Waals surface area contributed by atoms with Crippen LogP contribution in [0.4, 0.5) is 0 Å². The van der Waals surface area contributed by atoms with Crippen molar-refractivity contribution in [3.8, 4) is 0 Å². The van der Waals surface area contributed by atoms with E-state index in [9.17, 15) is 13.2 Å². The fraction of sp³-hybridized carbons (Fsp3) is 0.444. The number of halogens is 1. The summed E-state index contributed by atoms with van der Waals surface area (Å²) < 4.78 is 25.1. The maximum absolute atomic E-state index is 12.7. The van der Waals surface area contributed by atoms with E-state index in [0.717, 1.165) is 17.4 Å². The Morgan fingerprint density at radius 2 is 1.96 bits per heavy atom. The summed E-state index contributed by atoms with van der Waals surface area (Å²) in [5.74, 6) is -0.404. The summed E-state index contributed by atoms with van der Waals surface area (Å²) in [6.45, 7) is 2.00. The van der Waals surface area contributed by atoms with Crippen LogP contribution in [-0.4, -0.2) is 48.2 Å². The summed E-state index contributed by atoms with van der Waals surface area (Å²) in [7, 11) is -3.50. The zero-order valence-electron chi connectivity index (χ0n) is 15.2. The second kappa shape index (κ2) is 8.86. The highest BCUT2D eigenvalue weighted by Crippen LogP contribution is 2.28. The van der Waals surface area contributed by atoms with Crippen molar-refractivity contribution in [2.75, 3.05) is 19.3 Å². The van der Waals surface area contributed by atoms with Gasteiger partial charge in [-0.25, -0.2) is 8.42 Å². The van der Waals surface area contributed by atoms with Crippen molar-refractivity contribution in [1.82, 2.24) is 20.4 Å². The molecule has 2 heterocycles. The fourth-order valence-electron chi connectivity index (χ4n) is 3.36. The first-order valence-electron chi connectivity index (χ1n) is 8.65. The van der Waals surface area contributed by atoms with Crippen molar-refractivity contribution in [2.24, 2.45) is 0 Å².